The van der Waals surface area contributed by atoms with Gasteiger partial charge in [0.1, 0.15) is 11.9 Å². The molecule has 0 aliphatic carbocycles. The Labute approximate surface area is 195 Å². The number of benzene rings is 2. The van der Waals surface area contributed by atoms with E-state index in [1.807, 2.05) is 19.1 Å². The van der Waals surface area contributed by atoms with Crippen molar-refractivity contribution in [1.82, 2.24) is 10.2 Å². The Morgan fingerprint density at radius 2 is 1.73 bits per heavy atom. The van der Waals surface area contributed by atoms with Crippen LogP contribution in [0.25, 0.3) is 0 Å². The van der Waals surface area contributed by atoms with Crippen LogP contribution in [0.4, 0.5) is 10.1 Å². The van der Waals surface area contributed by atoms with Gasteiger partial charge in [0.15, 0.2) is 0 Å². The summed E-state index contributed by atoms with van der Waals surface area (Å²) in [6.07, 6.45) is 1.38. The van der Waals surface area contributed by atoms with E-state index in [0.29, 0.717) is 17.8 Å². The molecule has 0 spiro atoms. The number of nitrogens with one attached hydrogen (secondary N) is 1. The van der Waals surface area contributed by atoms with E-state index >= 15 is 0 Å². The van der Waals surface area contributed by atoms with Crippen molar-refractivity contribution in [2.45, 2.75) is 46.2 Å². The minimum absolute atomic E-state index is 0.0100. The maximum atomic E-state index is 14.2. The van der Waals surface area contributed by atoms with Crippen molar-refractivity contribution in [1.29, 1.82) is 0 Å². The van der Waals surface area contributed by atoms with E-state index in [1.165, 1.54) is 15.3 Å². The Balaban J connectivity index is 2.18. The van der Waals surface area contributed by atoms with E-state index in [4.69, 9.17) is 0 Å². The van der Waals surface area contributed by atoms with Crippen LogP contribution in [0.3, 0.4) is 0 Å². The van der Waals surface area contributed by atoms with Crippen molar-refractivity contribution >= 4 is 27.5 Å². The first-order chi connectivity index (χ1) is 15.6. The molecule has 9 heteroatoms. The molecular weight excluding hydrogens is 445 g/mol. The van der Waals surface area contributed by atoms with Gasteiger partial charge in [-0.05, 0) is 44.9 Å². The average molecular weight is 478 g/mol. The summed E-state index contributed by atoms with van der Waals surface area (Å²) in [4.78, 5) is 26.8. The molecule has 180 valence electrons. The smallest absolute Gasteiger partial charge is 0.242 e. The minimum atomic E-state index is -3.56. The Kier molecular flexibility index (Phi) is 9.40. The summed E-state index contributed by atoms with van der Waals surface area (Å²) >= 11 is 0. The monoisotopic (exact) mass is 477 g/mol. The summed E-state index contributed by atoms with van der Waals surface area (Å²) in [5, 5.41) is 2.69. The van der Waals surface area contributed by atoms with Gasteiger partial charge in [-0.3, -0.25) is 13.9 Å². The highest BCUT2D eigenvalue weighted by Gasteiger charge is 2.27. The highest BCUT2D eigenvalue weighted by Crippen LogP contribution is 2.23. The van der Waals surface area contributed by atoms with Crippen LogP contribution in [0, 0.1) is 12.7 Å². The zero-order valence-corrected chi connectivity index (χ0v) is 20.4. The fourth-order valence-corrected chi connectivity index (χ4v) is 4.56. The van der Waals surface area contributed by atoms with Crippen LogP contribution in [0.15, 0.2) is 48.5 Å². The summed E-state index contributed by atoms with van der Waals surface area (Å²) in [7, 11) is -3.56. The van der Waals surface area contributed by atoms with E-state index in [9.17, 15) is 22.4 Å². The second-order valence-corrected chi connectivity index (χ2v) is 9.82. The summed E-state index contributed by atoms with van der Waals surface area (Å²) in [5.74, 6) is -1.14. The molecule has 33 heavy (non-hydrogen) atoms. The third-order valence-corrected chi connectivity index (χ3v) is 6.53. The van der Waals surface area contributed by atoms with Crippen LogP contribution in [0.1, 0.15) is 37.8 Å². The zero-order chi connectivity index (χ0) is 24.6. The Bertz CT molecular complexity index is 1070. The summed E-state index contributed by atoms with van der Waals surface area (Å²) < 4.78 is 40.3. The summed E-state index contributed by atoms with van der Waals surface area (Å²) in [5.41, 5.74) is 1.67. The molecular formula is C24H32FN3O4S. The number of anilines is 1. The maximum absolute atomic E-state index is 14.2. The number of carbonyl (C=O) groups is 2. The molecule has 0 aliphatic rings. The Hall–Kier alpha value is -2.94. The maximum Gasteiger partial charge on any atom is 0.242 e. The van der Waals surface area contributed by atoms with Gasteiger partial charge in [0.2, 0.25) is 21.8 Å². The highest BCUT2D eigenvalue weighted by atomic mass is 32.2. The Morgan fingerprint density at radius 1 is 1.09 bits per heavy atom. The Morgan fingerprint density at radius 3 is 2.33 bits per heavy atom. The number of likely N-dealkylation sites (N-methyl/N-ethyl adjacent to an activating group) is 1. The van der Waals surface area contributed by atoms with Gasteiger partial charge >= 0.3 is 0 Å². The first-order valence-electron chi connectivity index (χ1n) is 10.9. The lowest BCUT2D eigenvalue weighted by Gasteiger charge is -2.29. The van der Waals surface area contributed by atoms with Crippen LogP contribution >= 0.6 is 0 Å². The lowest BCUT2D eigenvalue weighted by Crippen LogP contribution is -2.47. The summed E-state index contributed by atoms with van der Waals surface area (Å²) in [6.45, 7) is 5.65. The first kappa shape index (κ1) is 26.3. The number of aryl methyl sites for hydroxylation is 1. The largest absolute Gasteiger partial charge is 0.355 e. The quantitative estimate of drug-likeness (QED) is 0.538. The van der Waals surface area contributed by atoms with Gasteiger partial charge in [0.05, 0.1) is 11.9 Å². The fourth-order valence-electron chi connectivity index (χ4n) is 3.54. The molecule has 0 radical (unpaired) electrons. The molecule has 2 aromatic rings. The van der Waals surface area contributed by atoms with Crippen molar-refractivity contribution in [3.63, 3.8) is 0 Å². The molecule has 0 fully saturated rings. The number of hydrogen-bond donors (Lipinski definition) is 1. The van der Waals surface area contributed by atoms with E-state index in [2.05, 4.69) is 5.32 Å². The van der Waals surface area contributed by atoms with Crippen LogP contribution in [-0.4, -0.2) is 50.5 Å². The molecule has 0 aromatic heterocycles. The first-order valence-corrected chi connectivity index (χ1v) is 12.7. The van der Waals surface area contributed by atoms with Gasteiger partial charge in [-0.2, -0.15) is 0 Å². The second kappa shape index (κ2) is 11.8. The number of halogens is 1. The molecule has 0 heterocycles. The second-order valence-electron chi connectivity index (χ2n) is 7.91. The van der Waals surface area contributed by atoms with Crippen molar-refractivity contribution in [2.75, 3.05) is 23.7 Å². The molecule has 1 N–H and O–H groups in total. The molecule has 2 amide bonds. The topological polar surface area (TPSA) is 86.8 Å². The third kappa shape index (κ3) is 7.28. The third-order valence-electron chi connectivity index (χ3n) is 5.35. The average Bonchev–Trinajstić information content (AvgIpc) is 2.75. The molecule has 0 aliphatic heterocycles. The van der Waals surface area contributed by atoms with Crippen molar-refractivity contribution in [3.8, 4) is 0 Å². The van der Waals surface area contributed by atoms with Crippen molar-refractivity contribution < 1.29 is 22.4 Å². The molecule has 2 rings (SSSR count). The molecule has 1 atom stereocenters. The normalized spacial score (nSPS) is 12.2. The van der Waals surface area contributed by atoms with E-state index < -0.39 is 21.9 Å². The van der Waals surface area contributed by atoms with Crippen LogP contribution < -0.4 is 9.62 Å². The van der Waals surface area contributed by atoms with E-state index in [-0.39, 0.29) is 37.7 Å². The molecule has 0 saturated heterocycles. The van der Waals surface area contributed by atoms with Gasteiger partial charge in [-0.25, -0.2) is 12.8 Å². The lowest BCUT2D eigenvalue weighted by atomic mass is 10.1. The molecule has 0 bridgehead atoms. The van der Waals surface area contributed by atoms with Crippen molar-refractivity contribution in [3.05, 3.63) is 65.5 Å². The number of para-hydroxylation sites is 1. The van der Waals surface area contributed by atoms with Gasteiger partial charge < -0.3 is 10.2 Å². The van der Waals surface area contributed by atoms with Gasteiger partial charge in [0.25, 0.3) is 0 Å². The molecule has 7 nitrogen and oxygen atoms in total. The standard InChI is InChI=1S/C24H32FN3O4S/c1-5-26-24(30)19(3)27(17-20-12-7-8-13-21(20)25)23(29)15-10-16-28(33(4,31)32)22-14-9-6-11-18(22)2/h6-9,11-14,19H,5,10,15-17H2,1-4H3,(H,26,30)/t19-/m1/s1. The van der Waals surface area contributed by atoms with Gasteiger partial charge in [-0.1, -0.05) is 36.4 Å². The number of hydrogen-bond acceptors (Lipinski definition) is 4. The number of nitrogens with zero attached hydrogens (tertiary/aromatic N) is 2. The molecule has 0 saturated carbocycles. The van der Waals surface area contributed by atoms with Crippen LogP contribution in [0.2, 0.25) is 0 Å². The van der Waals surface area contributed by atoms with Crippen LogP contribution in [-0.2, 0) is 26.2 Å². The van der Waals surface area contributed by atoms with E-state index in [0.717, 1.165) is 11.8 Å². The summed E-state index contributed by atoms with van der Waals surface area (Å²) in [6, 6.07) is 12.4. The van der Waals surface area contributed by atoms with Gasteiger partial charge in [0, 0.05) is 31.6 Å². The number of rotatable bonds is 11. The number of amides is 2. The number of sulfonamides is 1. The molecule has 2 aromatic carbocycles. The lowest BCUT2D eigenvalue weighted by molar-refractivity contribution is -0.140. The molecule has 0 unspecified atom stereocenters. The highest BCUT2D eigenvalue weighted by molar-refractivity contribution is 7.92. The SMILES string of the molecule is CCNC(=O)[C@@H](C)N(Cc1ccccc1F)C(=O)CCCN(c1ccccc1C)S(C)(=O)=O. The van der Waals surface area contributed by atoms with Crippen molar-refractivity contribution in [2.24, 2.45) is 0 Å². The van der Waals surface area contributed by atoms with Crippen LogP contribution in [0.5, 0.6) is 0 Å². The van der Waals surface area contributed by atoms with E-state index in [1.54, 1.807) is 44.2 Å². The van der Waals surface area contributed by atoms with Gasteiger partial charge in [-0.15, -0.1) is 0 Å². The predicted molar refractivity (Wildman–Crippen MR) is 128 cm³/mol. The number of carbonyl (C=O) groups excluding carboxylic acids is 2. The minimum Gasteiger partial charge on any atom is -0.355 e. The zero-order valence-electron chi connectivity index (χ0n) is 19.5. The fraction of sp³-hybridized carbons (Fsp3) is 0.417. The predicted octanol–water partition coefficient (Wildman–Crippen LogP) is 3.23.